The van der Waals surface area contributed by atoms with Crippen molar-refractivity contribution in [2.75, 3.05) is 17.7 Å². The van der Waals surface area contributed by atoms with Crippen molar-refractivity contribution >= 4 is 17.2 Å². The Morgan fingerprint density at radius 2 is 2.25 bits per heavy atom. The van der Waals surface area contributed by atoms with Gasteiger partial charge in [0.25, 0.3) is 0 Å². The number of nitrogens with two attached hydrogens (primary N) is 1. The van der Waals surface area contributed by atoms with E-state index in [0.29, 0.717) is 11.3 Å². The lowest BCUT2D eigenvalue weighted by atomic mass is 10.1. The molecule has 4 nitrogen and oxygen atoms in total. The van der Waals surface area contributed by atoms with Gasteiger partial charge in [0.1, 0.15) is 0 Å². The maximum Gasteiger partial charge on any atom is 0.161 e. The number of hydrogen-bond donors (Lipinski definition) is 3. The number of nitrogen functional groups attached to an aromatic ring is 1. The molecular formula is C12H16N2O2. The van der Waals surface area contributed by atoms with Crippen molar-refractivity contribution < 1.29 is 9.90 Å². The van der Waals surface area contributed by atoms with Crippen LogP contribution in [-0.4, -0.2) is 23.0 Å². The highest BCUT2D eigenvalue weighted by molar-refractivity contribution is 6.00. The molecule has 1 fully saturated rings. The van der Waals surface area contributed by atoms with Crippen molar-refractivity contribution in [3.8, 4) is 0 Å². The summed E-state index contributed by atoms with van der Waals surface area (Å²) in [5.41, 5.74) is 7.39. The summed E-state index contributed by atoms with van der Waals surface area (Å²) >= 11 is 0. The monoisotopic (exact) mass is 220 g/mol. The molecule has 86 valence electrons. The molecule has 2 rings (SSSR count). The molecule has 0 radical (unpaired) electrons. The van der Waals surface area contributed by atoms with E-state index >= 15 is 0 Å². The second-order valence-electron chi connectivity index (χ2n) is 4.42. The number of carbonyl (C=O) groups is 1. The summed E-state index contributed by atoms with van der Waals surface area (Å²) in [6.45, 7) is 1.61. The molecule has 16 heavy (non-hydrogen) atoms. The molecule has 1 aliphatic carbocycles. The second-order valence-corrected chi connectivity index (χ2v) is 4.42. The first-order valence-electron chi connectivity index (χ1n) is 5.36. The van der Waals surface area contributed by atoms with Gasteiger partial charge in [-0.15, -0.1) is 0 Å². The zero-order valence-electron chi connectivity index (χ0n) is 9.29. The quantitative estimate of drug-likeness (QED) is 0.529. The van der Waals surface area contributed by atoms with Crippen LogP contribution in [-0.2, 0) is 0 Å². The minimum absolute atomic E-state index is 0.0463. The van der Waals surface area contributed by atoms with Crippen LogP contribution in [0.15, 0.2) is 18.2 Å². The first kappa shape index (κ1) is 11.0. The molecule has 1 aliphatic rings. The molecule has 1 aromatic carbocycles. The minimum atomic E-state index is -0.176. The summed E-state index contributed by atoms with van der Waals surface area (Å²) < 4.78 is 0. The first-order chi connectivity index (χ1) is 7.56. The third kappa shape index (κ3) is 2.02. The van der Waals surface area contributed by atoms with Crippen LogP contribution < -0.4 is 11.1 Å². The number of benzene rings is 1. The Morgan fingerprint density at radius 3 is 2.75 bits per heavy atom. The third-order valence-electron chi connectivity index (χ3n) is 3.00. The number of carbonyl (C=O) groups excluding carboxylic acids is 1. The van der Waals surface area contributed by atoms with Crippen LogP contribution in [0.2, 0.25) is 0 Å². The molecule has 0 bridgehead atoms. The van der Waals surface area contributed by atoms with E-state index in [-0.39, 0.29) is 17.9 Å². The summed E-state index contributed by atoms with van der Waals surface area (Å²) in [5.74, 6) is -0.0463. The Balaban J connectivity index is 2.23. The number of ketones is 1. The predicted octanol–water partition coefficient (Wildman–Crippen LogP) is 1.41. The van der Waals surface area contributed by atoms with Crippen LogP contribution in [0.5, 0.6) is 0 Å². The van der Waals surface area contributed by atoms with E-state index in [2.05, 4.69) is 5.32 Å². The van der Waals surface area contributed by atoms with E-state index < -0.39 is 0 Å². The SMILES string of the molecule is CC(=O)c1cc(NC2(CO)CC2)ccc1N. The molecule has 0 saturated heterocycles. The number of hydrogen-bond acceptors (Lipinski definition) is 4. The maximum atomic E-state index is 11.3. The molecule has 0 atom stereocenters. The van der Waals surface area contributed by atoms with E-state index in [4.69, 9.17) is 5.73 Å². The van der Waals surface area contributed by atoms with Crippen LogP contribution in [0.25, 0.3) is 0 Å². The summed E-state index contributed by atoms with van der Waals surface area (Å²) in [5, 5.41) is 12.4. The minimum Gasteiger partial charge on any atom is -0.398 e. The number of nitrogens with one attached hydrogen (secondary N) is 1. The smallest absolute Gasteiger partial charge is 0.161 e. The van der Waals surface area contributed by atoms with Gasteiger partial charge in [0, 0.05) is 16.9 Å². The number of aliphatic hydroxyl groups is 1. The molecule has 0 amide bonds. The third-order valence-corrected chi connectivity index (χ3v) is 3.00. The molecule has 0 aromatic heterocycles. The Bertz CT molecular complexity index is 425. The normalized spacial score (nSPS) is 16.9. The first-order valence-corrected chi connectivity index (χ1v) is 5.36. The lowest BCUT2D eigenvalue weighted by Gasteiger charge is -2.16. The van der Waals surface area contributed by atoms with Gasteiger partial charge in [-0.2, -0.15) is 0 Å². The fourth-order valence-electron chi connectivity index (χ4n) is 1.72. The van der Waals surface area contributed by atoms with E-state index in [1.807, 2.05) is 6.07 Å². The van der Waals surface area contributed by atoms with Crippen molar-refractivity contribution in [2.24, 2.45) is 0 Å². The number of rotatable bonds is 4. The highest BCUT2D eigenvalue weighted by Gasteiger charge is 2.41. The van der Waals surface area contributed by atoms with Gasteiger partial charge >= 0.3 is 0 Å². The van der Waals surface area contributed by atoms with Crippen molar-refractivity contribution in [3.63, 3.8) is 0 Å². The van der Waals surface area contributed by atoms with E-state index in [0.717, 1.165) is 18.5 Å². The van der Waals surface area contributed by atoms with Gasteiger partial charge in [0.15, 0.2) is 5.78 Å². The molecule has 0 aliphatic heterocycles. The number of Topliss-reactive ketones (excluding diaryl/α,β-unsaturated/α-hetero) is 1. The second kappa shape index (κ2) is 3.79. The van der Waals surface area contributed by atoms with Gasteiger partial charge in [-0.3, -0.25) is 4.79 Å². The van der Waals surface area contributed by atoms with Crippen molar-refractivity contribution in [1.29, 1.82) is 0 Å². The van der Waals surface area contributed by atoms with Gasteiger partial charge in [0.05, 0.1) is 12.1 Å². The predicted molar refractivity (Wildman–Crippen MR) is 63.5 cm³/mol. The van der Waals surface area contributed by atoms with E-state index in [1.165, 1.54) is 6.92 Å². The van der Waals surface area contributed by atoms with Gasteiger partial charge < -0.3 is 16.2 Å². The van der Waals surface area contributed by atoms with Crippen molar-refractivity contribution in [3.05, 3.63) is 23.8 Å². The van der Waals surface area contributed by atoms with Gasteiger partial charge in [-0.1, -0.05) is 0 Å². The lowest BCUT2D eigenvalue weighted by molar-refractivity contribution is 0.101. The summed E-state index contributed by atoms with van der Waals surface area (Å²) in [4.78, 5) is 11.3. The Labute approximate surface area is 94.5 Å². The molecule has 0 unspecified atom stereocenters. The summed E-state index contributed by atoms with van der Waals surface area (Å²) in [6.07, 6.45) is 1.92. The Kier molecular flexibility index (Phi) is 2.59. The molecule has 1 aromatic rings. The molecule has 4 heteroatoms. The van der Waals surface area contributed by atoms with E-state index in [1.54, 1.807) is 12.1 Å². The van der Waals surface area contributed by atoms with Crippen LogP contribution >= 0.6 is 0 Å². The topological polar surface area (TPSA) is 75.3 Å². The molecular weight excluding hydrogens is 204 g/mol. The van der Waals surface area contributed by atoms with Gasteiger partial charge in [-0.25, -0.2) is 0 Å². The zero-order chi connectivity index (χ0) is 11.8. The van der Waals surface area contributed by atoms with E-state index in [9.17, 15) is 9.90 Å². The average Bonchev–Trinajstić information content (AvgIpc) is 3.01. The van der Waals surface area contributed by atoms with Gasteiger partial charge in [0.2, 0.25) is 0 Å². The molecule has 0 spiro atoms. The van der Waals surface area contributed by atoms with Crippen molar-refractivity contribution in [2.45, 2.75) is 25.3 Å². The summed E-state index contributed by atoms with van der Waals surface area (Å²) in [7, 11) is 0. The highest BCUT2D eigenvalue weighted by atomic mass is 16.3. The number of anilines is 2. The Morgan fingerprint density at radius 1 is 1.56 bits per heavy atom. The zero-order valence-corrected chi connectivity index (χ0v) is 9.29. The molecule has 4 N–H and O–H groups in total. The fraction of sp³-hybridized carbons (Fsp3) is 0.417. The largest absolute Gasteiger partial charge is 0.398 e. The fourth-order valence-corrected chi connectivity index (χ4v) is 1.72. The Hall–Kier alpha value is -1.55. The van der Waals surface area contributed by atoms with Crippen LogP contribution in [0.1, 0.15) is 30.1 Å². The standard InChI is InChI=1S/C12H16N2O2/c1-8(16)10-6-9(2-3-11(10)13)14-12(7-15)4-5-12/h2-3,6,14-15H,4-5,7,13H2,1H3. The van der Waals surface area contributed by atoms with Crippen molar-refractivity contribution in [1.82, 2.24) is 0 Å². The van der Waals surface area contributed by atoms with Gasteiger partial charge in [-0.05, 0) is 38.0 Å². The average molecular weight is 220 g/mol. The summed E-state index contributed by atoms with van der Waals surface area (Å²) in [6, 6.07) is 5.29. The number of aliphatic hydroxyl groups excluding tert-OH is 1. The van der Waals surface area contributed by atoms with Crippen LogP contribution in [0.3, 0.4) is 0 Å². The van der Waals surface area contributed by atoms with Crippen LogP contribution in [0, 0.1) is 0 Å². The van der Waals surface area contributed by atoms with Crippen LogP contribution in [0.4, 0.5) is 11.4 Å². The molecule has 0 heterocycles. The maximum absolute atomic E-state index is 11.3. The molecule has 1 saturated carbocycles. The highest BCUT2D eigenvalue weighted by Crippen LogP contribution is 2.38. The lowest BCUT2D eigenvalue weighted by Crippen LogP contribution is -2.25.